The average Bonchev–Trinajstić information content (AvgIpc) is 3.21. The number of nitrogens with zero attached hydrogens (tertiary/aromatic N) is 3. The molecule has 5 nitrogen and oxygen atoms in total. The Hall–Kier alpha value is -1.66. The summed E-state index contributed by atoms with van der Waals surface area (Å²) in [4.78, 5) is 22.2. The van der Waals surface area contributed by atoms with Crippen molar-refractivity contribution in [1.82, 2.24) is 15.2 Å². The second-order valence-electron chi connectivity index (χ2n) is 8.61. The van der Waals surface area contributed by atoms with Crippen molar-refractivity contribution in [2.75, 3.05) is 38.1 Å². The fourth-order valence-electron chi connectivity index (χ4n) is 4.61. The SMILES string of the molecule is CN(CCCNC(=O)c1ccc2nc(N3CCCCC3)sc2c1)C1CCCCC1. The third-order valence-corrected chi connectivity index (χ3v) is 7.52. The summed E-state index contributed by atoms with van der Waals surface area (Å²) in [5.74, 6) is 0.0279. The zero-order chi connectivity index (χ0) is 20.1. The van der Waals surface area contributed by atoms with Crippen LogP contribution in [-0.4, -0.2) is 55.1 Å². The molecule has 2 aromatic rings. The first-order chi connectivity index (χ1) is 14.2. The number of thiazole rings is 1. The lowest BCUT2D eigenvalue weighted by molar-refractivity contribution is 0.0950. The third kappa shape index (κ3) is 5.28. The van der Waals surface area contributed by atoms with Crippen LogP contribution in [0.4, 0.5) is 5.13 Å². The van der Waals surface area contributed by atoms with E-state index < -0.39 is 0 Å². The molecule has 1 aliphatic heterocycles. The standard InChI is InChI=1S/C23H34N4OS/c1-26(19-9-4-2-5-10-19)14-8-13-24-22(28)18-11-12-20-21(17-18)29-23(25-20)27-15-6-3-7-16-27/h11-12,17,19H,2-10,13-16H2,1H3,(H,24,28). The second-order valence-corrected chi connectivity index (χ2v) is 9.62. The highest BCUT2D eigenvalue weighted by molar-refractivity contribution is 7.22. The minimum Gasteiger partial charge on any atom is -0.352 e. The Balaban J connectivity index is 1.27. The van der Waals surface area contributed by atoms with Gasteiger partial charge in [0.1, 0.15) is 0 Å². The molecular formula is C23H34N4OS. The molecule has 29 heavy (non-hydrogen) atoms. The van der Waals surface area contributed by atoms with E-state index >= 15 is 0 Å². The minimum atomic E-state index is 0.0279. The van der Waals surface area contributed by atoms with Crippen molar-refractivity contribution in [2.24, 2.45) is 0 Å². The van der Waals surface area contributed by atoms with Crippen LogP contribution in [0.1, 0.15) is 68.1 Å². The van der Waals surface area contributed by atoms with Crippen molar-refractivity contribution in [3.8, 4) is 0 Å². The van der Waals surface area contributed by atoms with E-state index in [1.807, 2.05) is 18.2 Å². The molecule has 1 aromatic heterocycles. The number of piperidine rings is 1. The number of fused-ring (bicyclic) bond motifs is 1. The van der Waals surface area contributed by atoms with E-state index in [-0.39, 0.29) is 5.91 Å². The Labute approximate surface area is 178 Å². The van der Waals surface area contributed by atoms with Crippen LogP contribution < -0.4 is 10.2 Å². The van der Waals surface area contributed by atoms with Crippen LogP contribution in [-0.2, 0) is 0 Å². The summed E-state index contributed by atoms with van der Waals surface area (Å²) in [5.41, 5.74) is 1.74. The molecule has 158 valence electrons. The van der Waals surface area contributed by atoms with Gasteiger partial charge in [-0.25, -0.2) is 4.98 Å². The van der Waals surface area contributed by atoms with E-state index in [4.69, 9.17) is 4.98 Å². The van der Waals surface area contributed by atoms with Gasteiger partial charge in [0.2, 0.25) is 0 Å². The maximum absolute atomic E-state index is 12.6. The van der Waals surface area contributed by atoms with Crippen molar-refractivity contribution in [2.45, 2.75) is 63.8 Å². The topological polar surface area (TPSA) is 48.5 Å². The summed E-state index contributed by atoms with van der Waals surface area (Å²) < 4.78 is 1.11. The van der Waals surface area contributed by atoms with Gasteiger partial charge >= 0.3 is 0 Å². The number of benzene rings is 1. The number of aromatic nitrogens is 1. The van der Waals surface area contributed by atoms with Crippen LogP contribution >= 0.6 is 11.3 Å². The van der Waals surface area contributed by atoms with Gasteiger partial charge in [0.25, 0.3) is 5.91 Å². The number of anilines is 1. The maximum Gasteiger partial charge on any atom is 0.251 e. The Morgan fingerprint density at radius 3 is 2.72 bits per heavy atom. The number of hydrogen-bond donors (Lipinski definition) is 1. The number of nitrogens with one attached hydrogen (secondary N) is 1. The molecule has 6 heteroatoms. The van der Waals surface area contributed by atoms with Gasteiger partial charge in [0.05, 0.1) is 10.2 Å². The van der Waals surface area contributed by atoms with Crippen LogP contribution in [0, 0.1) is 0 Å². The molecule has 0 atom stereocenters. The number of carbonyl (C=O) groups excluding carboxylic acids is 1. The fraction of sp³-hybridized carbons (Fsp3) is 0.652. The monoisotopic (exact) mass is 414 g/mol. The minimum absolute atomic E-state index is 0.0279. The molecule has 2 fully saturated rings. The molecule has 1 saturated carbocycles. The molecule has 0 radical (unpaired) electrons. The van der Waals surface area contributed by atoms with E-state index in [0.717, 1.165) is 59.6 Å². The predicted octanol–water partition coefficient (Wildman–Crippen LogP) is 4.67. The number of rotatable bonds is 7. The van der Waals surface area contributed by atoms with Crippen LogP contribution in [0.25, 0.3) is 10.2 Å². The van der Waals surface area contributed by atoms with Crippen LogP contribution in [0.5, 0.6) is 0 Å². The van der Waals surface area contributed by atoms with Gasteiger partial charge in [0.15, 0.2) is 5.13 Å². The lowest BCUT2D eigenvalue weighted by Gasteiger charge is -2.31. The number of carbonyl (C=O) groups is 1. The van der Waals surface area contributed by atoms with Gasteiger partial charge in [-0.05, 0) is 70.3 Å². The molecule has 2 heterocycles. The highest BCUT2D eigenvalue weighted by Crippen LogP contribution is 2.31. The molecule has 1 aromatic carbocycles. The van der Waals surface area contributed by atoms with E-state index in [0.29, 0.717) is 0 Å². The Morgan fingerprint density at radius 1 is 1.17 bits per heavy atom. The molecule has 4 rings (SSSR count). The van der Waals surface area contributed by atoms with Crippen LogP contribution in [0.15, 0.2) is 18.2 Å². The van der Waals surface area contributed by atoms with Gasteiger partial charge < -0.3 is 15.1 Å². The molecule has 1 amide bonds. The molecule has 2 aliphatic rings. The Morgan fingerprint density at radius 2 is 1.93 bits per heavy atom. The highest BCUT2D eigenvalue weighted by Gasteiger charge is 2.18. The van der Waals surface area contributed by atoms with Gasteiger partial charge in [-0.15, -0.1) is 0 Å². The largest absolute Gasteiger partial charge is 0.352 e. The van der Waals surface area contributed by atoms with Crippen LogP contribution in [0.2, 0.25) is 0 Å². The van der Waals surface area contributed by atoms with E-state index in [1.54, 1.807) is 11.3 Å². The van der Waals surface area contributed by atoms with Crippen molar-refractivity contribution < 1.29 is 4.79 Å². The smallest absolute Gasteiger partial charge is 0.251 e. The van der Waals surface area contributed by atoms with Gasteiger partial charge in [0, 0.05) is 31.2 Å². The predicted molar refractivity (Wildman–Crippen MR) is 122 cm³/mol. The third-order valence-electron chi connectivity index (χ3n) is 6.44. The maximum atomic E-state index is 12.6. The number of hydrogen-bond acceptors (Lipinski definition) is 5. The fourth-order valence-corrected chi connectivity index (χ4v) is 5.67. The lowest BCUT2D eigenvalue weighted by atomic mass is 9.94. The first kappa shape index (κ1) is 20.6. The van der Waals surface area contributed by atoms with Crippen LogP contribution in [0.3, 0.4) is 0 Å². The summed E-state index contributed by atoms with van der Waals surface area (Å²) in [6.07, 6.45) is 11.6. The zero-order valence-corrected chi connectivity index (χ0v) is 18.5. The summed E-state index contributed by atoms with van der Waals surface area (Å²) in [5, 5.41) is 4.20. The summed E-state index contributed by atoms with van der Waals surface area (Å²) in [7, 11) is 2.23. The van der Waals surface area contributed by atoms with Crippen molar-refractivity contribution in [1.29, 1.82) is 0 Å². The highest BCUT2D eigenvalue weighted by atomic mass is 32.1. The second kappa shape index (κ2) is 9.90. The molecule has 0 unspecified atom stereocenters. The van der Waals surface area contributed by atoms with Gasteiger partial charge in [-0.1, -0.05) is 30.6 Å². The van der Waals surface area contributed by atoms with Crippen molar-refractivity contribution in [3.63, 3.8) is 0 Å². The Bertz CT molecular complexity index is 808. The molecule has 1 N–H and O–H groups in total. The summed E-state index contributed by atoms with van der Waals surface area (Å²) >= 11 is 1.71. The van der Waals surface area contributed by atoms with E-state index in [9.17, 15) is 4.79 Å². The van der Waals surface area contributed by atoms with Crippen molar-refractivity contribution in [3.05, 3.63) is 23.8 Å². The van der Waals surface area contributed by atoms with Crippen molar-refractivity contribution >= 4 is 32.6 Å². The average molecular weight is 415 g/mol. The quantitative estimate of drug-likeness (QED) is 0.669. The van der Waals surface area contributed by atoms with Gasteiger partial charge in [-0.3, -0.25) is 4.79 Å². The van der Waals surface area contributed by atoms with Gasteiger partial charge in [-0.2, -0.15) is 0 Å². The molecule has 0 spiro atoms. The van der Waals surface area contributed by atoms with E-state index in [2.05, 4.69) is 22.2 Å². The molecule has 1 aliphatic carbocycles. The number of amides is 1. The Kier molecular flexibility index (Phi) is 7.03. The zero-order valence-electron chi connectivity index (χ0n) is 17.7. The molecule has 0 bridgehead atoms. The molecular weight excluding hydrogens is 380 g/mol. The first-order valence-electron chi connectivity index (χ1n) is 11.3. The molecule has 1 saturated heterocycles. The summed E-state index contributed by atoms with van der Waals surface area (Å²) in [6.45, 7) is 3.98. The van der Waals surface area contributed by atoms with E-state index in [1.165, 1.54) is 51.4 Å². The summed E-state index contributed by atoms with van der Waals surface area (Å²) in [6, 6.07) is 6.64. The lowest BCUT2D eigenvalue weighted by Crippen LogP contribution is -2.35. The normalized spacial score (nSPS) is 18.5. The first-order valence-corrected chi connectivity index (χ1v) is 12.2.